The van der Waals surface area contributed by atoms with Crippen LogP contribution >= 0.6 is 0 Å². The first-order valence-electron chi connectivity index (χ1n) is 7.07. The zero-order chi connectivity index (χ0) is 17.3. The van der Waals surface area contributed by atoms with Gasteiger partial charge in [0.2, 0.25) is 5.91 Å². The maximum absolute atomic E-state index is 11.7. The molecule has 1 heterocycles. The molecule has 3 rings (SSSR count). The van der Waals surface area contributed by atoms with E-state index in [-0.39, 0.29) is 0 Å². The molecule has 0 spiro atoms. The summed E-state index contributed by atoms with van der Waals surface area (Å²) in [6.45, 7) is 0. The van der Waals surface area contributed by atoms with Gasteiger partial charge in [-0.3, -0.25) is 9.36 Å². The Morgan fingerprint density at radius 1 is 1.04 bits per heavy atom. The van der Waals surface area contributed by atoms with Gasteiger partial charge >= 0.3 is 6.03 Å². The number of nitrogens with two attached hydrogens (primary N) is 2. The summed E-state index contributed by atoms with van der Waals surface area (Å²) in [4.78, 5) is 32.6. The summed E-state index contributed by atoms with van der Waals surface area (Å²) >= 11 is 0. The van der Waals surface area contributed by atoms with E-state index < -0.39 is 11.9 Å². The molecule has 4 N–H and O–H groups in total. The predicted molar refractivity (Wildman–Crippen MR) is 88.5 cm³/mol. The van der Waals surface area contributed by atoms with Crippen LogP contribution in [0.2, 0.25) is 0 Å². The first-order chi connectivity index (χ1) is 11.5. The highest BCUT2D eigenvalue weighted by Gasteiger charge is 2.14. The topological polar surface area (TPSA) is 110 Å². The van der Waals surface area contributed by atoms with Crippen LogP contribution in [0.25, 0.3) is 22.0 Å². The molecule has 0 saturated carbocycles. The summed E-state index contributed by atoms with van der Waals surface area (Å²) in [6, 6.07) is 11.3. The van der Waals surface area contributed by atoms with Crippen LogP contribution in [0.4, 0.5) is 4.79 Å². The minimum atomic E-state index is -0.597. The van der Waals surface area contributed by atoms with Gasteiger partial charge in [0, 0.05) is 22.7 Å². The number of rotatable bonds is 4. The second-order valence-electron chi connectivity index (χ2n) is 5.12. The lowest BCUT2D eigenvalue weighted by Crippen LogP contribution is -2.18. The van der Waals surface area contributed by atoms with Gasteiger partial charge in [-0.05, 0) is 35.9 Å². The number of carbonyl (C=O) groups excluding carboxylic acids is 2. The molecule has 24 heavy (non-hydrogen) atoms. The summed E-state index contributed by atoms with van der Waals surface area (Å²) in [5.74, 6) is -0.0147. The van der Waals surface area contributed by atoms with E-state index in [1.54, 1.807) is 48.7 Å². The molecule has 1 aromatic heterocycles. The fourth-order valence-corrected chi connectivity index (χ4v) is 2.58. The highest BCUT2D eigenvalue weighted by Crippen LogP contribution is 2.33. The normalized spacial score (nSPS) is 10.7. The smallest absolute Gasteiger partial charge is 0.323 e. The lowest BCUT2D eigenvalue weighted by molar-refractivity contribution is -0.178. The molecule has 7 heteroatoms. The lowest BCUT2D eigenvalue weighted by atomic mass is 10.0. The Labute approximate surface area is 137 Å². The van der Waals surface area contributed by atoms with Crippen LogP contribution in [0, 0.1) is 0 Å². The minimum absolute atomic E-state index is 0.404. The highest BCUT2D eigenvalue weighted by molar-refractivity contribution is 6.02. The Morgan fingerprint density at radius 2 is 1.75 bits per heavy atom. The third-order valence-corrected chi connectivity index (χ3v) is 3.67. The SMILES string of the molecule is COOc1ccc2c(c1)c(-c1ccc(C(N)=O)cc1)cn2C(N)=O. The number of hydrogen-bond donors (Lipinski definition) is 2. The second kappa shape index (κ2) is 6.05. The number of nitrogens with zero attached hydrogens (tertiary/aromatic N) is 1. The molecule has 0 unspecified atom stereocenters. The van der Waals surface area contributed by atoms with E-state index in [0.717, 1.165) is 16.5 Å². The average Bonchev–Trinajstić information content (AvgIpc) is 2.94. The summed E-state index contributed by atoms with van der Waals surface area (Å²) in [5, 5.41) is 0.759. The number of aromatic nitrogens is 1. The molecule has 2 aromatic carbocycles. The largest absolute Gasteiger partial charge is 0.366 e. The molecule has 3 aromatic rings. The fourth-order valence-electron chi connectivity index (χ4n) is 2.58. The van der Waals surface area contributed by atoms with Crippen molar-refractivity contribution in [3.05, 3.63) is 54.2 Å². The number of amides is 2. The zero-order valence-corrected chi connectivity index (χ0v) is 12.9. The molecule has 7 nitrogen and oxygen atoms in total. The van der Waals surface area contributed by atoms with E-state index in [1.165, 1.54) is 11.7 Å². The third kappa shape index (κ3) is 2.68. The van der Waals surface area contributed by atoms with Gasteiger partial charge < -0.3 is 16.4 Å². The van der Waals surface area contributed by atoms with Crippen LogP contribution < -0.4 is 16.4 Å². The number of primary amides is 2. The lowest BCUT2D eigenvalue weighted by Gasteiger charge is -2.04. The van der Waals surface area contributed by atoms with E-state index in [9.17, 15) is 9.59 Å². The van der Waals surface area contributed by atoms with Crippen LogP contribution in [0.15, 0.2) is 48.7 Å². The number of hydrogen-bond acceptors (Lipinski definition) is 4. The summed E-state index contributed by atoms with van der Waals surface area (Å²) < 4.78 is 1.35. The molecule has 0 bridgehead atoms. The van der Waals surface area contributed by atoms with E-state index in [2.05, 4.69) is 4.89 Å². The molecular formula is C17H15N3O4. The Hall–Kier alpha value is -3.32. The van der Waals surface area contributed by atoms with Crippen molar-refractivity contribution in [2.75, 3.05) is 7.11 Å². The second-order valence-corrected chi connectivity index (χ2v) is 5.12. The predicted octanol–water partition coefficient (Wildman–Crippen LogP) is 2.27. The molecule has 122 valence electrons. The van der Waals surface area contributed by atoms with Crippen LogP contribution in [-0.4, -0.2) is 23.6 Å². The standard InChI is InChI=1S/C17H15N3O4/c1-23-24-12-6-7-15-13(8-12)14(9-20(15)17(19)22)10-2-4-11(5-3-10)16(18)21/h2-9H,1H3,(H2,18,21)(H2,19,22). The van der Waals surface area contributed by atoms with Gasteiger partial charge in [0.1, 0.15) is 0 Å². The maximum atomic E-state index is 11.7. The number of fused-ring (bicyclic) bond motifs is 1. The first kappa shape index (κ1) is 15.6. The van der Waals surface area contributed by atoms with E-state index >= 15 is 0 Å². The molecule has 0 aliphatic rings. The zero-order valence-electron chi connectivity index (χ0n) is 12.9. The van der Waals surface area contributed by atoms with Gasteiger partial charge in [0.15, 0.2) is 5.75 Å². The summed E-state index contributed by atoms with van der Waals surface area (Å²) in [6.07, 6.45) is 1.64. The molecule has 0 radical (unpaired) electrons. The Morgan fingerprint density at radius 3 is 2.33 bits per heavy atom. The van der Waals surface area contributed by atoms with E-state index in [0.29, 0.717) is 16.8 Å². The van der Waals surface area contributed by atoms with Crippen molar-refractivity contribution in [1.29, 1.82) is 0 Å². The van der Waals surface area contributed by atoms with Crippen molar-refractivity contribution in [3.8, 4) is 16.9 Å². The van der Waals surface area contributed by atoms with E-state index in [1.807, 2.05) is 0 Å². The minimum Gasteiger partial charge on any atom is -0.366 e. The Bertz CT molecular complexity index is 929. The van der Waals surface area contributed by atoms with Crippen molar-refractivity contribution < 1.29 is 19.4 Å². The van der Waals surface area contributed by atoms with Gasteiger partial charge in [-0.2, -0.15) is 4.89 Å². The van der Waals surface area contributed by atoms with Gasteiger partial charge in [-0.1, -0.05) is 12.1 Å². The summed E-state index contributed by atoms with van der Waals surface area (Å²) in [7, 11) is 1.41. The average molecular weight is 325 g/mol. The third-order valence-electron chi connectivity index (χ3n) is 3.67. The highest BCUT2D eigenvalue weighted by atomic mass is 17.2. The van der Waals surface area contributed by atoms with Crippen molar-refractivity contribution in [1.82, 2.24) is 4.57 Å². The van der Waals surface area contributed by atoms with Crippen molar-refractivity contribution in [2.24, 2.45) is 11.5 Å². The quantitative estimate of drug-likeness (QED) is 0.566. The molecular weight excluding hydrogens is 310 g/mol. The maximum Gasteiger partial charge on any atom is 0.323 e. The van der Waals surface area contributed by atoms with Gasteiger partial charge in [0.05, 0.1) is 12.6 Å². The van der Waals surface area contributed by atoms with Crippen molar-refractivity contribution >= 4 is 22.8 Å². The number of benzene rings is 2. The molecule has 2 amide bonds. The fraction of sp³-hybridized carbons (Fsp3) is 0.0588. The van der Waals surface area contributed by atoms with Crippen LogP contribution in [-0.2, 0) is 4.89 Å². The monoisotopic (exact) mass is 325 g/mol. The van der Waals surface area contributed by atoms with Gasteiger partial charge in [-0.15, -0.1) is 0 Å². The van der Waals surface area contributed by atoms with Crippen LogP contribution in [0.3, 0.4) is 0 Å². The van der Waals surface area contributed by atoms with Gasteiger partial charge in [0.25, 0.3) is 0 Å². The first-order valence-corrected chi connectivity index (χ1v) is 7.07. The van der Waals surface area contributed by atoms with Gasteiger partial charge in [-0.25, -0.2) is 4.79 Å². The summed E-state index contributed by atoms with van der Waals surface area (Å²) in [5.41, 5.74) is 13.3. The van der Waals surface area contributed by atoms with E-state index in [4.69, 9.17) is 16.4 Å². The molecule has 0 fully saturated rings. The molecule has 0 aliphatic heterocycles. The molecule has 0 atom stereocenters. The number of carbonyl (C=O) groups is 2. The Kier molecular flexibility index (Phi) is 3.93. The van der Waals surface area contributed by atoms with Crippen LogP contribution in [0.1, 0.15) is 10.4 Å². The van der Waals surface area contributed by atoms with Crippen LogP contribution in [0.5, 0.6) is 5.75 Å². The van der Waals surface area contributed by atoms with Crippen molar-refractivity contribution in [3.63, 3.8) is 0 Å². The molecule has 0 aliphatic carbocycles. The Balaban J connectivity index is 2.19. The van der Waals surface area contributed by atoms with Crippen molar-refractivity contribution in [2.45, 2.75) is 0 Å². The molecule has 0 saturated heterocycles.